The average molecular weight is 196 g/mol. The lowest BCUT2D eigenvalue weighted by atomic mass is 10.2. The third-order valence-electron chi connectivity index (χ3n) is 2.68. The molecule has 2 heterocycles. The zero-order chi connectivity index (χ0) is 9.97. The van der Waals surface area contributed by atoms with Gasteiger partial charge < -0.3 is 10.2 Å². The minimum atomic E-state index is 0.488. The molecule has 2 rings (SSSR count). The first-order valence-corrected chi connectivity index (χ1v) is 5.02. The van der Waals surface area contributed by atoms with Gasteiger partial charge in [0.15, 0.2) is 0 Å². The van der Waals surface area contributed by atoms with Gasteiger partial charge in [0.05, 0.1) is 6.54 Å². The molecular weight excluding hydrogens is 180 g/mol. The van der Waals surface area contributed by atoms with E-state index in [1.165, 1.54) is 12.8 Å². The molecule has 1 aliphatic heterocycles. The van der Waals surface area contributed by atoms with Gasteiger partial charge in [0.2, 0.25) is 11.8 Å². The predicted molar refractivity (Wildman–Crippen MR) is 51.5 cm³/mol. The molecule has 1 fully saturated rings. The van der Waals surface area contributed by atoms with Crippen LogP contribution in [0.15, 0.2) is 4.42 Å². The molecule has 5 heteroatoms. The van der Waals surface area contributed by atoms with Crippen molar-refractivity contribution in [2.75, 3.05) is 13.1 Å². The maximum Gasteiger partial charge on any atom is 0.230 e. The highest BCUT2D eigenvalue weighted by Crippen LogP contribution is 2.18. The van der Waals surface area contributed by atoms with Crippen molar-refractivity contribution in [2.45, 2.75) is 32.4 Å². The Labute approximate surface area is 83.3 Å². The zero-order valence-corrected chi connectivity index (χ0v) is 8.44. The molecule has 0 spiro atoms. The van der Waals surface area contributed by atoms with Crippen LogP contribution in [0.5, 0.6) is 0 Å². The Morgan fingerprint density at radius 3 is 3.07 bits per heavy atom. The molecule has 1 atom stereocenters. The highest BCUT2D eigenvalue weighted by molar-refractivity contribution is 4.85. The van der Waals surface area contributed by atoms with E-state index >= 15 is 0 Å². The van der Waals surface area contributed by atoms with Crippen molar-refractivity contribution in [2.24, 2.45) is 5.73 Å². The molecule has 0 radical (unpaired) electrons. The third-order valence-corrected chi connectivity index (χ3v) is 2.68. The van der Waals surface area contributed by atoms with Crippen LogP contribution in [0, 0.1) is 6.92 Å². The van der Waals surface area contributed by atoms with E-state index in [1.54, 1.807) is 6.92 Å². The molecule has 1 aliphatic rings. The SMILES string of the molecule is Cc1nnc(CN2CCCC2CN)o1. The normalized spacial score (nSPS) is 23.1. The largest absolute Gasteiger partial charge is 0.424 e. The molecule has 1 unspecified atom stereocenters. The molecule has 1 aromatic heterocycles. The summed E-state index contributed by atoms with van der Waals surface area (Å²) >= 11 is 0. The summed E-state index contributed by atoms with van der Waals surface area (Å²) in [5.41, 5.74) is 5.67. The molecule has 0 bridgehead atoms. The van der Waals surface area contributed by atoms with Gasteiger partial charge in [-0.2, -0.15) is 0 Å². The van der Waals surface area contributed by atoms with Gasteiger partial charge in [-0.1, -0.05) is 0 Å². The van der Waals surface area contributed by atoms with E-state index in [4.69, 9.17) is 10.2 Å². The Morgan fingerprint density at radius 2 is 2.43 bits per heavy atom. The molecular formula is C9H16N4O. The van der Waals surface area contributed by atoms with Crippen LogP contribution in [0.2, 0.25) is 0 Å². The summed E-state index contributed by atoms with van der Waals surface area (Å²) in [7, 11) is 0. The minimum absolute atomic E-state index is 0.488. The summed E-state index contributed by atoms with van der Waals surface area (Å²) in [4.78, 5) is 2.31. The van der Waals surface area contributed by atoms with E-state index in [0.29, 0.717) is 24.4 Å². The fourth-order valence-corrected chi connectivity index (χ4v) is 1.95. The third kappa shape index (κ3) is 1.93. The van der Waals surface area contributed by atoms with Gasteiger partial charge in [-0.3, -0.25) is 4.90 Å². The molecule has 0 aromatic carbocycles. The quantitative estimate of drug-likeness (QED) is 0.753. The number of nitrogens with zero attached hydrogens (tertiary/aromatic N) is 3. The monoisotopic (exact) mass is 196 g/mol. The van der Waals surface area contributed by atoms with Crippen LogP contribution in [-0.4, -0.2) is 34.2 Å². The summed E-state index contributed by atoms with van der Waals surface area (Å²) in [5.74, 6) is 1.33. The van der Waals surface area contributed by atoms with E-state index < -0.39 is 0 Å². The standard InChI is InChI=1S/C9H16N4O/c1-7-11-12-9(14-7)6-13-4-2-3-8(13)5-10/h8H,2-6,10H2,1H3. The van der Waals surface area contributed by atoms with Crippen LogP contribution in [-0.2, 0) is 6.54 Å². The number of aryl methyl sites for hydroxylation is 1. The molecule has 0 saturated carbocycles. The highest BCUT2D eigenvalue weighted by atomic mass is 16.4. The van der Waals surface area contributed by atoms with Gasteiger partial charge >= 0.3 is 0 Å². The molecule has 1 aromatic rings. The fourth-order valence-electron chi connectivity index (χ4n) is 1.95. The van der Waals surface area contributed by atoms with Crippen LogP contribution < -0.4 is 5.73 Å². The van der Waals surface area contributed by atoms with Crippen molar-refractivity contribution in [1.29, 1.82) is 0 Å². The average Bonchev–Trinajstić information content (AvgIpc) is 2.76. The number of rotatable bonds is 3. The van der Waals surface area contributed by atoms with Crippen LogP contribution in [0.4, 0.5) is 0 Å². The molecule has 0 aliphatic carbocycles. The van der Waals surface area contributed by atoms with Crippen molar-refractivity contribution in [1.82, 2.24) is 15.1 Å². The lowest BCUT2D eigenvalue weighted by molar-refractivity contribution is 0.224. The smallest absolute Gasteiger partial charge is 0.230 e. The summed E-state index contributed by atoms with van der Waals surface area (Å²) < 4.78 is 5.33. The van der Waals surface area contributed by atoms with E-state index in [1.807, 2.05) is 0 Å². The Kier molecular flexibility index (Phi) is 2.79. The Bertz CT molecular complexity index is 299. The van der Waals surface area contributed by atoms with Crippen LogP contribution >= 0.6 is 0 Å². The van der Waals surface area contributed by atoms with Crippen molar-refractivity contribution in [3.63, 3.8) is 0 Å². The van der Waals surface area contributed by atoms with Gasteiger partial charge in [0.1, 0.15) is 0 Å². The van der Waals surface area contributed by atoms with E-state index in [2.05, 4.69) is 15.1 Å². The topological polar surface area (TPSA) is 68.2 Å². The highest BCUT2D eigenvalue weighted by Gasteiger charge is 2.24. The first kappa shape index (κ1) is 9.61. The maximum absolute atomic E-state index is 5.67. The van der Waals surface area contributed by atoms with Crippen LogP contribution in [0.1, 0.15) is 24.6 Å². The molecule has 5 nitrogen and oxygen atoms in total. The minimum Gasteiger partial charge on any atom is -0.424 e. The van der Waals surface area contributed by atoms with E-state index in [-0.39, 0.29) is 0 Å². The number of hydrogen-bond donors (Lipinski definition) is 1. The predicted octanol–water partition coefficient (Wildman–Crippen LogP) is 0.301. The Morgan fingerprint density at radius 1 is 1.57 bits per heavy atom. The van der Waals surface area contributed by atoms with E-state index in [9.17, 15) is 0 Å². The van der Waals surface area contributed by atoms with Gasteiger partial charge in [-0.05, 0) is 19.4 Å². The Hall–Kier alpha value is -0.940. The van der Waals surface area contributed by atoms with Crippen molar-refractivity contribution < 1.29 is 4.42 Å². The maximum atomic E-state index is 5.67. The molecule has 14 heavy (non-hydrogen) atoms. The zero-order valence-electron chi connectivity index (χ0n) is 8.44. The van der Waals surface area contributed by atoms with Gasteiger partial charge in [-0.15, -0.1) is 10.2 Å². The van der Waals surface area contributed by atoms with Crippen molar-refractivity contribution in [3.05, 3.63) is 11.8 Å². The molecule has 1 saturated heterocycles. The second-order valence-corrected chi connectivity index (χ2v) is 3.72. The summed E-state index contributed by atoms with van der Waals surface area (Å²) in [6.45, 7) is 4.35. The molecule has 0 amide bonds. The summed E-state index contributed by atoms with van der Waals surface area (Å²) in [6.07, 6.45) is 2.40. The van der Waals surface area contributed by atoms with Crippen LogP contribution in [0.25, 0.3) is 0 Å². The molecule has 2 N–H and O–H groups in total. The number of nitrogens with two attached hydrogens (primary N) is 1. The first-order chi connectivity index (χ1) is 6.79. The summed E-state index contributed by atoms with van der Waals surface area (Å²) in [6, 6.07) is 0.488. The summed E-state index contributed by atoms with van der Waals surface area (Å²) in [5, 5.41) is 7.78. The lowest BCUT2D eigenvalue weighted by Crippen LogP contribution is -2.34. The van der Waals surface area contributed by atoms with Crippen molar-refractivity contribution >= 4 is 0 Å². The second-order valence-electron chi connectivity index (χ2n) is 3.72. The lowest BCUT2D eigenvalue weighted by Gasteiger charge is -2.20. The van der Waals surface area contributed by atoms with Crippen molar-refractivity contribution in [3.8, 4) is 0 Å². The Balaban J connectivity index is 1.96. The van der Waals surface area contributed by atoms with Crippen LogP contribution in [0.3, 0.4) is 0 Å². The van der Waals surface area contributed by atoms with Gasteiger partial charge in [0, 0.05) is 19.5 Å². The number of hydrogen-bond acceptors (Lipinski definition) is 5. The second kappa shape index (κ2) is 4.06. The number of likely N-dealkylation sites (tertiary alicyclic amines) is 1. The van der Waals surface area contributed by atoms with Gasteiger partial charge in [-0.25, -0.2) is 0 Å². The van der Waals surface area contributed by atoms with E-state index in [0.717, 1.165) is 13.1 Å². The molecule has 78 valence electrons. The fraction of sp³-hybridized carbons (Fsp3) is 0.778. The number of aromatic nitrogens is 2. The van der Waals surface area contributed by atoms with Gasteiger partial charge in [0.25, 0.3) is 0 Å². The first-order valence-electron chi connectivity index (χ1n) is 5.02.